The van der Waals surface area contributed by atoms with Crippen LogP contribution in [0.25, 0.3) is 0 Å². The largest absolute Gasteiger partial charge is 0.457 e. The van der Waals surface area contributed by atoms with Gasteiger partial charge in [0.15, 0.2) is 5.76 Å². The molecule has 5 heteroatoms. The van der Waals surface area contributed by atoms with Crippen molar-refractivity contribution in [3.05, 3.63) is 52.4 Å². The Labute approximate surface area is 123 Å². The van der Waals surface area contributed by atoms with E-state index in [-0.39, 0.29) is 12.5 Å². The molecule has 21 heavy (non-hydrogen) atoms. The Hall–Kier alpha value is -2.61. The Balaban J connectivity index is 2.16. The van der Waals surface area contributed by atoms with Gasteiger partial charge in [0.25, 0.3) is 0 Å². The van der Waals surface area contributed by atoms with Crippen LogP contribution in [0.1, 0.15) is 52.7 Å². The quantitative estimate of drug-likeness (QED) is 0.805. The zero-order valence-electron chi connectivity index (χ0n) is 12.2. The highest BCUT2D eigenvalue weighted by molar-refractivity contribution is 5.91. The summed E-state index contributed by atoms with van der Waals surface area (Å²) in [6, 6.07) is 9.09. The Bertz CT molecular complexity index is 696. The number of aromatic nitrogens is 1. The maximum Gasteiger partial charge on any atom is 0.344 e. The molecular weight excluding hydrogens is 268 g/mol. The number of nitrogens with zero attached hydrogens (tertiary/aromatic N) is 2. The van der Waals surface area contributed by atoms with Gasteiger partial charge in [-0.2, -0.15) is 5.26 Å². The lowest BCUT2D eigenvalue weighted by Crippen LogP contribution is -2.09. The Morgan fingerprint density at radius 1 is 1.43 bits per heavy atom. The molecule has 108 valence electrons. The number of carbonyl (C=O) groups is 1. The van der Waals surface area contributed by atoms with Crippen molar-refractivity contribution in [1.82, 2.24) is 5.16 Å². The molecule has 0 spiro atoms. The predicted molar refractivity (Wildman–Crippen MR) is 75.6 cm³/mol. The van der Waals surface area contributed by atoms with Crippen LogP contribution in [0.5, 0.6) is 0 Å². The summed E-state index contributed by atoms with van der Waals surface area (Å²) < 4.78 is 10.5. The highest BCUT2D eigenvalue weighted by Crippen LogP contribution is 2.23. The van der Waals surface area contributed by atoms with E-state index in [0.717, 1.165) is 0 Å². The topological polar surface area (TPSA) is 76.1 Å². The second kappa shape index (κ2) is 6.23. The van der Waals surface area contributed by atoms with Crippen molar-refractivity contribution in [2.24, 2.45) is 0 Å². The Kier molecular flexibility index (Phi) is 4.39. The normalized spacial score (nSPS) is 10.4. The summed E-state index contributed by atoms with van der Waals surface area (Å²) in [6.07, 6.45) is 0. The van der Waals surface area contributed by atoms with E-state index in [9.17, 15) is 4.79 Å². The zero-order chi connectivity index (χ0) is 15.4. The number of benzene rings is 1. The predicted octanol–water partition coefficient (Wildman–Crippen LogP) is 3.34. The molecule has 1 aromatic heterocycles. The maximum atomic E-state index is 12.2. The van der Waals surface area contributed by atoms with Gasteiger partial charge in [0.2, 0.25) is 0 Å². The number of ether oxygens (including phenoxy) is 1. The standard InChI is InChI=1S/C16H16N2O3/c1-10(2)15-14(11(3)18-21-15)16(19)20-9-13-7-5-4-6-12(13)8-17/h4-7,10H,9H2,1-3H3. The fourth-order valence-corrected chi connectivity index (χ4v) is 2.00. The van der Waals surface area contributed by atoms with Gasteiger partial charge in [-0.15, -0.1) is 0 Å². The van der Waals surface area contributed by atoms with E-state index in [1.807, 2.05) is 13.8 Å². The number of aryl methyl sites for hydroxylation is 1. The fraction of sp³-hybridized carbons (Fsp3) is 0.312. The molecule has 0 radical (unpaired) electrons. The molecule has 2 rings (SSSR count). The van der Waals surface area contributed by atoms with Crippen LogP contribution >= 0.6 is 0 Å². The molecule has 0 bridgehead atoms. The first-order valence-electron chi connectivity index (χ1n) is 6.66. The summed E-state index contributed by atoms with van der Waals surface area (Å²) in [4.78, 5) is 12.2. The SMILES string of the molecule is Cc1noc(C(C)C)c1C(=O)OCc1ccccc1C#N. The first-order valence-corrected chi connectivity index (χ1v) is 6.66. The number of esters is 1. The third-order valence-electron chi connectivity index (χ3n) is 3.11. The summed E-state index contributed by atoms with van der Waals surface area (Å²) in [5.41, 5.74) is 2.06. The number of rotatable bonds is 4. The minimum absolute atomic E-state index is 0.0418. The van der Waals surface area contributed by atoms with Gasteiger partial charge in [0.05, 0.1) is 17.3 Å². The molecule has 0 aliphatic carbocycles. The number of carbonyl (C=O) groups excluding carboxylic acids is 1. The molecule has 5 nitrogen and oxygen atoms in total. The van der Waals surface area contributed by atoms with E-state index < -0.39 is 5.97 Å². The summed E-state index contributed by atoms with van der Waals surface area (Å²) in [7, 11) is 0. The van der Waals surface area contributed by atoms with Crippen molar-refractivity contribution in [1.29, 1.82) is 5.26 Å². The lowest BCUT2D eigenvalue weighted by molar-refractivity contribution is 0.0468. The molecule has 0 fully saturated rings. The molecule has 0 aliphatic rings. The van der Waals surface area contributed by atoms with Crippen LogP contribution in [0.3, 0.4) is 0 Å². The minimum atomic E-state index is -0.481. The highest BCUT2D eigenvalue weighted by atomic mass is 16.5. The Morgan fingerprint density at radius 3 is 2.81 bits per heavy atom. The van der Waals surface area contributed by atoms with E-state index in [0.29, 0.717) is 28.1 Å². The van der Waals surface area contributed by atoms with Crippen molar-refractivity contribution < 1.29 is 14.1 Å². The average Bonchev–Trinajstić information content (AvgIpc) is 2.87. The summed E-state index contributed by atoms with van der Waals surface area (Å²) in [6.45, 7) is 5.59. The molecule has 0 saturated heterocycles. The molecule has 0 saturated carbocycles. The monoisotopic (exact) mass is 284 g/mol. The molecule has 1 aromatic carbocycles. The first-order chi connectivity index (χ1) is 10.0. The molecule has 2 aromatic rings. The van der Waals surface area contributed by atoms with Crippen molar-refractivity contribution in [2.75, 3.05) is 0 Å². The lowest BCUT2D eigenvalue weighted by Gasteiger charge is -2.07. The van der Waals surface area contributed by atoms with Gasteiger partial charge in [-0.1, -0.05) is 37.2 Å². The van der Waals surface area contributed by atoms with E-state index in [1.54, 1.807) is 31.2 Å². The highest BCUT2D eigenvalue weighted by Gasteiger charge is 2.24. The molecule has 0 unspecified atom stereocenters. The van der Waals surface area contributed by atoms with Crippen molar-refractivity contribution in [2.45, 2.75) is 33.3 Å². The van der Waals surface area contributed by atoms with Gasteiger partial charge in [0, 0.05) is 11.5 Å². The third-order valence-corrected chi connectivity index (χ3v) is 3.11. The van der Waals surface area contributed by atoms with Crippen molar-refractivity contribution in [3.63, 3.8) is 0 Å². The summed E-state index contributed by atoms with van der Waals surface area (Å²) in [5.74, 6) is 0.0800. The van der Waals surface area contributed by atoms with Crippen LogP contribution < -0.4 is 0 Å². The summed E-state index contributed by atoms with van der Waals surface area (Å²) in [5, 5.41) is 12.8. The van der Waals surface area contributed by atoms with Crippen molar-refractivity contribution >= 4 is 5.97 Å². The van der Waals surface area contributed by atoms with E-state index in [2.05, 4.69) is 11.2 Å². The first kappa shape index (κ1) is 14.8. The summed E-state index contributed by atoms with van der Waals surface area (Å²) >= 11 is 0. The van der Waals surface area contributed by atoms with Gasteiger partial charge in [0.1, 0.15) is 12.2 Å². The maximum absolute atomic E-state index is 12.2. The van der Waals surface area contributed by atoms with Crippen LogP contribution in [0.2, 0.25) is 0 Å². The van der Waals surface area contributed by atoms with Crippen molar-refractivity contribution in [3.8, 4) is 6.07 Å². The smallest absolute Gasteiger partial charge is 0.344 e. The fourth-order valence-electron chi connectivity index (χ4n) is 2.00. The van der Waals surface area contributed by atoms with E-state index in [1.165, 1.54) is 0 Å². The zero-order valence-corrected chi connectivity index (χ0v) is 12.2. The second-order valence-corrected chi connectivity index (χ2v) is 5.01. The molecule has 1 heterocycles. The molecule has 0 aliphatic heterocycles. The van der Waals surface area contributed by atoms with Gasteiger partial charge < -0.3 is 9.26 Å². The van der Waals surface area contributed by atoms with Crippen LogP contribution in [-0.4, -0.2) is 11.1 Å². The van der Waals surface area contributed by atoms with Crippen LogP contribution in [0.4, 0.5) is 0 Å². The van der Waals surface area contributed by atoms with Gasteiger partial charge in [-0.05, 0) is 13.0 Å². The minimum Gasteiger partial charge on any atom is -0.457 e. The van der Waals surface area contributed by atoms with Gasteiger partial charge >= 0.3 is 5.97 Å². The van der Waals surface area contributed by atoms with E-state index >= 15 is 0 Å². The van der Waals surface area contributed by atoms with Crippen LogP contribution in [0, 0.1) is 18.3 Å². The molecule has 0 amide bonds. The molecule has 0 N–H and O–H groups in total. The third kappa shape index (κ3) is 3.11. The van der Waals surface area contributed by atoms with Gasteiger partial charge in [-0.25, -0.2) is 4.79 Å². The van der Waals surface area contributed by atoms with E-state index in [4.69, 9.17) is 14.5 Å². The van der Waals surface area contributed by atoms with Crippen LogP contribution in [-0.2, 0) is 11.3 Å². The second-order valence-electron chi connectivity index (χ2n) is 5.01. The number of hydrogen-bond acceptors (Lipinski definition) is 5. The number of hydrogen-bond donors (Lipinski definition) is 0. The number of nitriles is 1. The van der Waals surface area contributed by atoms with Crippen LogP contribution in [0.15, 0.2) is 28.8 Å². The lowest BCUT2D eigenvalue weighted by atomic mass is 10.1. The molecular formula is C16H16N2O3. The van der Waals surface area contributed by atoms with Gasteiger partial charge in [-0.3, -0.25) is 0 Å². The molecule has 0 atom stereocenters. The Morgan fingerprint density at radius 2 is 2.14 bits per heavy atom. The average molecular weight is 284 g/mol.